The largest absolute Gasteiger partial charge is 0.493 e. The van der Waals surface area contributed by atoms with Crippen molar-refractivity contribution in [3.63, 3.8) is 0 Å². The van der Waals surface area contributed by atoms with Crippen molar-refractivity contribution in [1.29, 1.82) is 0 Å². The van der Waals surface area contributed by atoms with Crippen molar-refractivity contribution in [2.24, 2.45) is 5.84 Å². The average molecular weight is 384 g/mol. The molecule has 2 aromatic carbocycles. The molecule has 0 aromatic heterocycles. The number of ether oxygens (including phenoxy) is 2. The van der Waals surface area contributed by atoms with E-state index < -0.39 is 0 Å². The average Bonchev–Trinajstić information content (AvgIpc) is 2.48. The molecule has 4 nitrogen and oxygen atoms in total. The highest BCUT2D eigenvalue weighted by Crippen LogP contribution is 2.32. The third-order valence-electron chi connectivity index (χ3n) is 3.09. The molecular formula is C15H17IN2O2. The van der Waals surface area contributed by atoms with Crippen molar-refractivity contribution in [1.82, 2.24) is 5.43 Å². The summed E-state index contributed by atoms with van der Waals surface area (Å²) in [6.07, 6.45) is 0. The van der Waals surface area contributed by atoms with Crippen molar-refractivity contribution in [3.05, 3.63) is 57.2 Å². The van der Waals surface area contributed by atoms with Gasteiger partial charge < -0.3 is 9.47 Å². The van der Waals surface area contributed by atoms with E-state index in [-0.39, 0.29) is 6.04 Å². The highest BCUT2D eigenvalue weighted by atomic mass is 127. The maximum absolute atomic E-state index is 5.72. The fourth-order valence-corrected chi connectivity index (χ4v) is 2.67. The second kappa shape index (κ2) is 6.92. The van der Waals surface area contributed by atoms with Crippen molar-refractivity contribution >= 4 is 22.6 Å². The van der Waals surface area contributed by atoms with Crippen molar-refractivity contribution < 1.29 is 9.47 Å². The lowest BCUT2D eigenvalue weighted by Crippen LogP contribution is -2.28. The minimum atomic E-state index is -0.0930. The van der Waals surface area contributed by atoms with Crippen LogP contribution >= 0.6 is 22.6 Å². The van der Waals surface area contributed by atoms with Gasteiger partial charge in [0, 0.05) is 3.57 Å². The number of rotatable bonds is 5. The molecule has 0 spiro atoms. The van der Waals surface area contributed by atoms with Gasteiger partial charge in [-0.1, -0.05) is 18.2 Å². The van der Waals surface area contributed by atoms with Crippen LogP contribution in [0, 0.1) is 3.57 Å². The number of hydrazine groups is 1. The highest BCUT2D eigenvalue weighted by Gasteiger charge is 2.15. The number of nitrogens with two attached hydrogens (primary N) is 1. The molecule has 3 N–H and O–H groups in total. The molecule has 0 aliphatic heterocycles. The van der Waals surface area contributed by atoms with Crippen LogP contribution in [0.15, 0.2) is 42.5 Å². The van der Waals surface area contributed by atoms with Gasteiger partial charge in [0.25, 0.3) is 0 Å². The Morgan fingerprint density at radius 1 is 1.00 bits per heavy atom. The summed E-state index contributed by atoms with van der Waals surface area (Å²) in [4.78, 5) is 0. The van der Waals surface area contributed by atoms with Crippen molar-refractivity contribution in [2.75, 3.05) is 14.2 Å². The Balaban J connectivity index is 2.41. The van der Waals surface area contributed by atoms with Crippen LogP contribution in [0.5, 0.6) is 11.5 Å². The van der Waals surface area contributed by atoms with E-state index in [1.165, 1.54) is 3.57 Å². The van der Waals surface area contributed by atoms with E-state index in [0.29, 0.717) is 11.5 Å². The standard InChI is InChI=1S/C15H17IN2O2/c1-19-13-7-6-11(9-14(13)20-2)15(18-17)10-4-3-5-12(16)8-10/h3-9,15,18H,17H2,1-2H3. The number of hydrogen-bond acceptors (Lipinski definition) is 4. The molecule has 0 aliphatic carbocycles. The highest BCUT2D eigenvalue weighted by molar-refractivity contribution is 14.1. The Labute approximate surface area is 132 Å². The molecule has 2 rings (SSSR count). The first-order valence-corrected chi connectivity index (χ1v) is 7.21. The predicted molar refractivity (Wildman–Crippen MR) is 87.9 cm³/mol. The van der Waals surface area contributed by atoms with Gasteiger partial charge >= 0.3 is 0 Å². The third-order valence-corrected chi connectivity index (χ3v) is 3.76. The van der Waals surface area contributed by atoms with Crippen molar-refractivity contribution in [2.45, 2.75) is 6.04 Å². The normalized spacial score (nSPS) is 12.0. The first kappa shape index (κ1) is 15.1. The number of hydrogen-bond donors (Lipinski definition) is 2. The third kappa shape index (κ3) is 3.23. The molecule has 0 amide bonds. The van der Waals surface area contributed by atoms with Crippen LogP contribution in [0.3, 0.4) is 0 Å². The van der Waals surface area contributed by atoms with Crippen LogP contribution in [-0.2, 0) is 0 Å². The zero-order chi connectivity index (χ0) is 14.5. The van der Waals surface area contributed by atoms with Crippen LogP contribution in [0.25, 0.3) is 0 Å². The molecule has 0 aliphatic rings. The van der Waals surface area contributed by atoms with Gasteiger partial charge in [-0.05, 0) is 58.0 Å². The summed E-state index contributed by atoms with van der Waals surface area (Å²) in [5.74, 6) is 7.12. The van der Waals surface area contributed by atoms with E-state index in [1.807, 2.05) is 36.4 Å². The van der Waals surface area contributed by atoms with Crippen molar-refractivity contribution in [3.8, 4) is 11.5 Å². The minimum Gasteiger partial charge on any atom is -0.493 e. The molecule has 1 atom stereocenters. The van der Waals surface area contributed by atoms with Crippen LogP contribution < -0.4 is 20.7 Å². The lowest BCUT2D eigenvalue weighted by atomic mass is 9.99. The molecule has 106 valence electrons. The van der Waals surface area contributed by atoms with Gasteiger partial charge in [0.05, 0.1) is 20.3 Å². The summed E-state index contributed by atoms with van der Waals surface area (Å²) in [6.45, 7) is 0. The second-order valence-electron chi connectivity index (χ2n) is 4.27. The molecule has 0 saturated carbocycles. The lowest BCUT2D eigenvalue weighted by Gasteiger charge is -2.19. The summed E-state index contributed by atoms with van der Waals surface area (Å²) in [6, 6.07) is 13.9. The summed E-state index contributed by atoms with van der Waals surface area (Å²) in [5.41, 5.74) is 4.97. The zero-order valence-electron chi connectivity index (χ0n) is 11.4. The molecule has 2 aromatic rings. The van der Waals surface area contributed by atoms with Gasteiger partial charge in [-0.3, -0.25) is 5.84 Å². The number of methoxy groups -OCH3 is 2. The molecule has 0 saturated heterocycles. The lowest BCUT2D eigenvalue weighted by molar-refractivity contribution is 0.354. The van der Waals surface area contributed by atoms with E-state index in [4.69, 9.17) is 15.3 Å². The van der Waals surface area contributed by atoms with E-state index in [0.717, 1.165) is 11.1 Å². The molecule has 0 fully saturated rings. The first-order chi connectivity index (χ1) is 9.69. The maximum atomic E-state index is 5.72. The Hall–Kier alpha value is -1.31. The van der Waals surface area contributed by atoms with Gasteiger partial charge in [-0.25, -0.2) is 5.43 Å². The molecular weight excluding hydrogens is 367 g/mol. The van der Waals surface area contributed by atoms with E-state index in [1.54, 1.807) is 14.2 Å². The quantitative estimate of drug-likeness (QED) is 0.473. The van der Waals surface area contributed by atoms with E-state index in [2.05, 4.69) is 34.1 Å². The van der Waals surface area contributed by atoms with Gasteiger partial charge in [0.2, 0.25) is 0 Å². The fraction of sp³-hybridized carbons (Fsp3) is 0.200. The second-order valence-corrected chi connectivity index (χ2v) is 5.51. The Morgan fingerprint density at radius 3 is 2.30 bits per heavy atom. The summed E-state index contributed by atoms with van der Waals surface area (Å²) >= 11 is 2.29. The van der Waals surface area contributed by atoms with Crippen LogP contribution in [0.2, 0.25) is 0 Å². The predicted octanol–water partition coefficient (Wildman–Crippen LogP) is 2.86. The zero-order valence-corrected chi connectivity index (χ0v) is 13.5. The van der Waals surface area contributed by atoms with Crippen LogP contribution in [0.1, 0.15) is 17.2 Å². The monoisotopic (exact) mass is 384 g/mol. The molecule has 20 heavy (non-hydrogen) atoms. The molecule has 0 radical (unpaired) electrons. The smallest absolute Gasteiger partial charge is 0.161 e. The van der Waals surface area contributed by atoms with Gasteiger partial charge in [0.15, 0.2) is 11.5 Å². The fourth-order valence-electron chi connectivity index (χ4n) is 2.10. The number of halogens is 1. The van der Waals surface area contributed by atoms with Crippen LogP contribution in [-0.4, -0.2) is 14.2 Å². The topological polar surface area (TPSA) is 56.5 Å². The van der Waals surface area contributed by atoms with Gasteiger partial charge in [0.1, 0.15) is 0 Å². The van der Waals surface area contributed by atoms with E-state index >= 15 is 0 Å². The summed E-state index contributed by atoms with van der Waals surface area (Å²) < 4.78 is 11.8. The SMILES string of the molecule is COc1ccc(C(NN)c2cccc(I)c2)cc1OC. The maximum Gasteiger partial charge on any atom is 0.161 e. The minimum absolute atomic E-state index is 0.0930. The molecule has 1 unspecified atom stereocenters. The first-order valence-electron chi connectivity index (χ1n) is 6.13. The Bertz CT molecular complexity index is 590. The molecule has 0 bridgehead atoms. The molecule has 0 heterocycles. The van der Waals surface area contributed by atoms with Gasteiger partial charge in [-0.2, -0.15) is 0 Å². The number of benzene rings is 2. The summed E-state index contributed by atoms with van der Waals surface area (Å²) in [7, 11) is 3.24. The van der Waals surface area contributed by atoms with Crippen LogP contribution in [0.4, 0.5) is 0 Å². The van der Waals surface area contributed by atoms with E-state index in [9.17, 15) is 0 Å². The summed E-state index contributed by atoms with van der Waals surface area (Å²) in [5, 5.41) is 0. The van der Waals surface area contributed by atoms with Gasteiger partial charge in [-0.15, -0.1) is 0 Å². The number of nitrogens with one attached hydrogen (secondary N) is 1. The Morgan fingerprint density at radius 2 is 1.70 bits per heavy atom. The Kier molecular flexibility index (Phi) is 5.22. The molecule has 5 heteroatoms.